The normalized spacial score (nSPS) is 13.8. The van der Waals surface area contributed by atoms with Gasteiger partial charge < -0.3 is 19.7 Å². The first-order chi connectivity index (χ1) is 8.56. The maximum absolute atomic E-state index is 11.6. The standard InChI is InChI=1S/C12H22O6/c1-3-17-11(15)8-9(12(16)18-4-2)10(14)6-5-7-13/h9-10,13-14H,3-8H2,1-2H3. The Bertz CT molecular complexity index is 253. The van der Waals surface area contributed by atoms with Crippen molar-refractivity contribution in [1.82, 2.24) is 0 Å². The number of hydrogen-bond acceptors (Lipinski definition) is 6. The van der Waals surface area contributed by atoms with Crippen LogP contribution in [0.25, 0.3) is 0 Å². The molecule has 18 heavy (non-hydrogen) atoms. The van der Waals surface area contributed by atoms with Crippen LogP contribution in [0.5, 0.6) is 0 Å². The van der Waals surface area contributed by atoms with Crippen molar-refractivity contribution in [2.75, 3.05) is 19.8 Å². The lowest BCUT2D eigenvalue weighted by atomic mass is 9.95. The Labute approximate surface area is 107 Å². The van der Waals surface area contributed by atoms with Crippen LogP contribution in [0.1, 0.15) is 33.1 Å². The van der Waals surface area contributed by atoms with Gasteiger partial charge in [-0.1, -0.05) is 0 Å². The molecule has 0 fully saturated rings. The first-order valence-corrected chi connectivity index (χ1v) is 6.17. The SMILES string of the molecule is CCOC(=O)CC(C(=O)OCC)C(O)CCCO. The van der Waals surface area contributed by atoms with Crippen molar-refractivity contribution >= 4 is 11.9 Å². The fourth-order valence-electron chi connectivity index (χ4n) is 1.53. The predicted molar refractivity (Wildman–Crippen MR) is 63.7 cm³/mol. The van der Waals surface area contributed by atoms with Gasteiger partial charge in [-0.25, -0.2) is 0 Å². The van der Waals surface area contributed by atoms with Crippen LogP contribution in [0.15, 0.2) is 0 Å². The zero-order valence-electron chi connectivity index (χ0n) is 10.9. The minimum absolute atomic E-state index is 0.0774. The lowest BCUT2D eigenvalue weighted by Crippen LogP contribution is -2.32. The molecule has 0 spiro atoms. The molecule has 2 N–H and O–H groups in total. The molecule has 0 saturated heterocycles. The van der Waals surface area contributed by atoms with Gasteiger partial charge in [0.15, 0.2) is 0 Å². The minimum Gasteiger partial charge on any atom is -0.466 e. The molecule has 0 aliphatic carbocycles. The van der Waals surface area contributed by atoms with Crippen molar-refractivity contribution in [2.24, 2.45) is 5.92 Å². The number of esters is 2. The van der Waals surface area contributed by atoms with Gasteiger partial charge in [-0.3, -0.25) is 9.59 Å². The molecule has 0 aromatic carbocycles. The topological polar surface area (TPSA) is 93.1 Å². The Kier molecular flexibility index (Phi) is 9.22. The lowest BCUT2D eigenvalue weighted by molar-refractivity contribution is -0.159. The van der Waals surface area contributed by atoms with Crippen LogP contribution in [-0.4, -0.2) is 48.1 Å². The van der Waals surface area contributed by atoms with Gasteiger partial charge >= 0.3 is 11.9 Å². The first kappa shape index (κ1) is 16.9. The average Bonchev–Trinajstić information content (AvgIpc) is 2.33. The lowest BCUT2D eigenvalue weighted by Gasteiger charge is -2.20. The molecule has 106 valence electrons. The van der Waals surface area contributed by atoms with Crippen molar-refractivity contribution in [3.63, 3.8) is 0 Å². The van der Waals surface area contributed by atoms with Gasteiger partial charge in [0, 0.05) is 6.61 Å². The molecule has 0 radical (unpaired) electrons. The van der Waals surface area contributed by atoms with Crippen molar-refractivity contribution in [2.45, 2.75) is 39.2 Å². The van der Waals surface area contributed by atoms with Gasteiger partial charge in [0.2, 0.25) is 0 Å². The van der Waals surface area contributed by atoms with Crippen LogP contribution < -0.4 is 0 Å². The van der Waals surface area contributed by atoms with Crippen LogP contribution in [0, 0.1) is 5.92 Å². The smallest absolute Gasteiger partial charge is 0.312 e. The number of aliphatic hydroxyl groups is 2. The van der Waals surface area contributed by atoms with E-state index in [9.17, 15) is 14.7 Å². The number of aliphatic hydroxyl groups excluding tert-OH is 2. The Hall–Kier alpha value is -1.14. The summed E-state index contributed by atoms with van der Waals surface area (Å²) >= 11 is 0. The van der Waals surface area contributed by atoms with E-state index in [1.165, 1.54) is 0 Å². The molecule has 0 rings (SSSR count). The number of rotatable bonds is 9. The van der Waals surface area contributed by atoms with Gasteiger partial charge in [-0.2, -0.15) is 0 Å². The third kappa shape index (κ3) is 6.56. The molecule has 0 bridgehead atoms. The Morgan fingerprint density at radius 3 is 2.28 bits per heavy atom. The van der Waals surface area contributed by atoms with E-state index in [-0.39, 0.29) is 32.7 Å². The van der Waals surface area contributed by atoms with E-state index in [0.29, 0.717) is 6.42 Å². The van der Waals surface area contributed by atoms with Crippen LogP contribution in [0.2, 0.25) is 0 Å². The highest BCUT2D eigenvalue weighted by atomic mass is 16.5. The maximum Gasteiger partial charge on any atom is 0.312 e. The summed E-state index contributed by atoms with van der Waals surface area (Å²) < 4.78 is 9.56. The van der Waals surface area contributed by atoms with Crippen LogP contribution in [0.3, 0.4) is 0 Å². The second-order valence-corrected chi connectivity index (χ2v) is 3.80. The largest absolute Gasteiger partial charge is 0.466 e. The molecular formula is C12H22O6. The molecule has 6 heteroatoms. The molecule has 0 aliphatic rings. The molecule has 0 aromatic heterocycles. The molecule has 0 saturated carbocycles. The first-order valence-electron chi connectivity index (χ1n) is 6.17. The Balaban J connectivity index is 4.49. The molecule has 2 atom stereocenters. The van der Waals surface area contributed by atoms with Crippen LogP contribution >= 0.6 is 0 Å². The summed E-state index contributed by atoms with van der Waals surface area (Å²) in [4.78, 5) is 23.0. The monoisotopic (exact) mass is 262 g/mol. The number of carbonyl (C=O) groups is 2. The second kappa shape index (κ2) is 9.85. The molecule has 0 aromatic rings. The predicted octanol–water partition coefficient (Wildman–Crippen LogP) is 0.252. The number of ether oxygens (including phenoxy) is 2. The highest BCUT2D eigenvalue weighted by Gasteiger charge is 2.30. The third-order valence-corrected chi connectivity index (χ3v) is 2.40. The summed E-state index contributed by atoms with van der Waals surface area (Å²) in [5.41, 5.74) is 0. The van der Waals surface area contributed by atoms with E-state index in [1.807, 2.05) is 0 Å². The summed E-state index contributed by atoms with van der Waals surface area (Å²) in [6.07, 6.45) is -0.626. The average molecular weight is 262 g/mol. The molecule has 0 amide bonds. The van der Waals surface area contributed by atoms with Gasteiger partial charge in [0.05, 0.1) is 31.7 Å². The van der Waals surface area contributed by atoms with E-state index in [4.69, 9.17) is 14.6 Å². The highest BCUT2D eigenvalue weighted by molar-refractivity contribution is 5.80. The zero-order chi connectivity index (χ0) is 14.0. The van der Waals surface area contributed by atoms with E-state index < -0.39 is 24.0 Å². The zero-order valence-corrected chi connectivity index (χ0v) is 10.9. The van der Waals surface area contributed by atoms with Crippen molar-refractivity contribution in [3.8, 4) is 0 Å². The summed E-state index contributed by atoms with van der Waals surface area (Å²) in [7, 11) is 0. The summed E-state index contributed by atoms with van der Waals surface area (Å²) in [6, 6.07) is 0. The van der Waals surface area contributed by atoms with Crippen molar-refractivity contribution in [3.05, 3.63) is 0 Å². The van der Waals surface area contributed by atoms with E-state index in [1.54, 1.807) is 13.8 Å². The summed E-state index contributed by atoms with van der Waals surface area (Å²) in [5, 5.41) is 18.5. The molecule has 0 heterocycles. The maximum atomic E-state index is 11.6. The molecule has 0 aliphatic heterocycles. The number of hydrogen-bond donors (Lipinski definition) is 2. The highest BCUT2D eigenvalue weighted by Crippen LogP contribution is 2.17. The summed E-state index contributed by atoms with van der Waals surface area (Å²) in [6.45, 7) is 3.65. The van der Waals surface area contributed by atoms with Gasteiger partial charge in [-0.15, -0.1) is 0 Å². The van der Waals surface area contributed by atoms with Crippen LogP contribution in [-0.2, 0) is 19.1 Å². The third-order valence-electron chi connectivity index (χ3n) is 2.40. The minimum atomic E-state index is -1.01. The van der Waals surface area contributed by atoms with E-state index >= 15 is 0 Å². The van der Waals surface area contributed by atoms with Crippen molar-refractivity contribution in [1.29, 1.82) is 0 Å². The summed E-state index contributed by atoms with van der Waals surface area (Å²) in [5.74, 6) is -2.09. The van der Waals surface area contributed by atoms with Crippen LogP contribution in [0.4, 0.5) is 0 Å². The van der Waals surface area contributed by atoms with E-state index in [2.05, 4.69) is 0 Å². The fourth-order valence-corrected chi connectivity index (χ4v) is 1.53. The Morgan fingerprint density at radius 2 is 1.78 bits per heavy atom. The quantitative estimate of drug-likeness (QED) is 0.579. The molecule has 2 unspecified atom stereocenters. The van der Waals surface area contributed by atoms with E-state index in [0.717, 1.165) is 0 Å². The number of carbonyl (C=O) groups excluding carboxylic acids is 2. The fraction of sp³-hybridized carbons (Fsp3) is 0.833. The molecule has 6 nitrogen and oxygen atoms in total. The Morgan fingerprint density at radius 1 is 1.17 bits per heavy atom. The van der Waals surface area contributed by atoms with Crippen molar-refractivity contribution < 1.29 is 29.3 Å². The van der Waals surface area contributed by atoms with Gasteiger partial charge in [0.1, 0.15) is 0 Å². The van der Waals surface area contributed by atoms with Gasteiger partial charge in [-0.05, 0) is 26.7 Å². The molecular weight excluding hydrogens is 240 g/mol. The second-order valence-electron chi connectivity index (χ2n) is 3.80. The van der Waals surface area contributed by atoms with Gasteiger partial charge in [0.25, 0.3) is 0 Å².